The van der Waals surface area contributed by atoms with Gasteiger partial charge in [0.05, 0.1) is 22.8 Å². The Morgan fingerprint density at radius 2 is 1.80 bits per heavy atom. The van der Waals surface area contributed by atoms with Crippen molar-refractivity contribution < 1.29 is 32.2 Å². The van der Waals surface area contributed by atoms with Gasteiger partial charge in [0.1, 0.15) is 17.1 Å². The van der Waals surface area contributed by atoms with E-state index in [1.54, 1.807) is 25.1 Å². The van der Waals surface area contributed by atoms with Crippen LogP contribution in [0.3, 0.4) is 0 Å². The summed E-state index contributed by atoms with van der Waals surface area (Å²) in [6.07, 6.45) is 1.30. The van der Waals surface area contributed by atoms with Gasteiger partial charge < -0.3 is 19.5 Å². The highest BCUT2D eigenvalue weighted by Gasteiger charge is 2.48. The number of hydrogen-bond donors (Lipinski definition) is 2. The molecule has 0 bridgehead atoms. The third-order valence-corrected chi connectivity index (χ3v) is 9.33. The summed E-state index contributed by atoms with van der Waals surface area (Å²) in [4.78, 5) is 24.8. The Bertz CT molecular complexity index is 1620. The molecule has 10 heteroatoms. The van der Waals surface area contributed by atoms with Crippen LogP contribution in [-0.4, -0.2) is 32.4 Å². The molecular weight excluding hydrogens is 532 g/mol. The highest BCUT2D eigenvalue weighted by Crippen LogP contribution is 2.53. The van der Waals surface area contributed by atoms with Gasteiger partial charge in [0, 0.05) is 23.1 Å². The van der Waals surface area contributed by atoms with E-state index in [0.29, 0.717) is 17.0 Å². The first-order valence-corrected chi connectivity index (χ1v) is 14.7. The van der Waals surface area contributed by atoms with Crippen molar-refractivity contribution in [1.82, 2.24) is 4.72 Å². The van der Waals surface area contributed by atoms with E-state index in [0.717, 1.165) is 24.0 Å². The van der Waals surface area contributed by atoms with Crippen LogP contribution in [0.25, 0.3) is 0 Å². The number of anilines is 1. The Morgan fingerprint density at radius 1 is 1.02 bits per heavy atom. The molecule has 9 nitrogen and oxygen atoms in total. The lowest BCUT2D eigenvalue weighted by Gasteiger charge is -2.48. The van der Waals surface area contributed by atoms with Crippen LogP contribution in [0.1, 0.15) is 65.9 Å². The number of nitrogens with one attached hydrogen (secondary N) is 2. The summed E-state index contributed by atoms with van der Waals surface area (Å²) in [5, 5.41) is 2.65. The van der Waals surface area contributed by atoms with Crippen molar-refractivity contribution in [2.75, 3.05) is 11.9 Å². The number of rotatable bonds is 4. The van der Waals surface area contributed by atoms with Crippen LogP contribution in [-0.2, 0) is 19.6 Å². The predicted octanol–water partition coefficient (Wildman–Crippen LogP) is 4.82. The molecule has 3 atom stereocenters. The number of carbonyl (C=O) groups is 2. The highest BCUT2D eigenvalue weighted by atomic mass is 32.2. The molecule has 3 aromatic carbocycles. The SMILES string of the molecule is Cc1cc2c(cc1S(=O)(=O)NC(=O)c1ccc3c(c1)[C@@H]1O[C@H](c4ccccc4)CC[C@H]1C(C)(C)O3)OCC(=O)N2. The summed E-state index contributed by atoms with van der Waals surface area (Å²) in [6, 6.07) is 17.8. The van der Waals surface area contributed by atoms with E-state index < -0.39 is 21.5 Å². The minimum absolute atomic E-state index is 0.0562. The number of benzene rings is 3. The molecule has 6 rings (SSSR count). The standard InChI is InChI=1S/C30H30N2O7S/c1-17-13-22-25(37-16-27(33)31-22)15-26(17)40(35,36)32-29(34)19-9-11-24-20(14-19)28-21(30(2,3)39-24)10-12-23(38-28)18-7-5-4-6-8-18/h4-9,11,13-15,21,23,28H,10,12,16H2,1-3H3,(H,31,33)(H,32,34)/t21-,23+,28+/m1/s1. The average Bonchev–Trinajstić information content (AvgIpc) is 2.92. The first kappa shape index (κ1) is 26.3. The van der Waals surface area contributed by atoms with Gasteiger partial charge in [0.15, 0.2) is 6.61 Å². The first-order valence-electron chi connectivity index (χ1n) is 13.2. The van der Waals surface area contributed by atoms with Crippen molar-refractivity contribution in [2.24, 2.45) is 5.92 Å². The third kappa shape index (κ3) is 4.71. The van der Waals surface area contributed by atoms with Crippen molar-refractivity contribution in [2.45, 2.75) is 56.3 Å². The lowest BCUT2D eigenvalue weighted by atomic mass is 9.74. The summed E-state index contributed by atoms with van der Waals surface area (Å²) < 4.78 is 47.1. The first-order chi connectivity index (χ1) is 19.0. The van der Waals surface area contributed by atoms with E-state index in [2.05, 4.69) is 10.0 Å². The average molecular weight is 563 g/mol. The van der Waals surface area contributed by atoms with Crippen molar-refractivity contribution in [3.8, 4) is 11.5 Å². The quantitative estimate of drug-likeness (QED) is 0.468. The number of fused-ring (bicyclic) bond motifs is 4. The molecule has 0 aliphatic carbocycles. The molecule has 0 aromatic heterocycles. The summed E-state index contributed by atoms with van der Waals surface area (Å²) in [6.45, 7) is 5.46. The van der Waals surface area contributed by atoms with Crippen LogP contribution < -0.4 is 19.5 Å². The molecule has 2 amide bonds. The molecule has 3 aliphatic rings. The maximum atomic E-state index is 13.3. The summed E-state index contributed by atoms with van der Waals surface area (Å²) in [7, 11) is -4.25. The Kier molecular flexibility index (Phi) is 6.35. The lowest BCUT2D eigenvalue weighted by Crippen LogP contribution is -2.47. The topological polar surface area (TPSA) is 120 Å². The van der Waals surface area contributed by atoms with Gasteiger partial charge in [-0.2, -0.15) is 0 Å². The van der Waals surface area contributed by atoms with E-state index in [1.165, 1.54) is 12.1 Å². The second-order valence-corrected chi connectivity index (χ2v) is 12.6. The molecule has 3 heterocycles. The second kappa shape index (κ2) is 9.64. The largest absolute Gasteiger partial charge is 0.487 e. The molecule has 1 fully saturated rings. The zero-order chi connectivity index (χ0) is 28.2. The number of ether oxygens (including phenoxy) is 3. The summed E-state index contributed by atoms with van der Waals surface area (Å²) >= 11 is 0. The number of hydrogen-bond acceptors (Lipinski definition) is 7. The minimum Gasteiger partial charge on any atom is -0.487 e. The van der Waals surface area contributed by atoms with Gasteiger partial charge in [0.25, 0.3) is 21.8 Å². The molecule has 0 saturated carbocycles. The van der Waals surface area contributed by atoms with Crippen LogP contribution >= 0.6 is 0 Å². The fourth-order valence-electron chi connectivity index (χ4n) is 5.84. The summed E-state index contributed by atoms with van der Waals surface area (Å²) in [5.74, 6) is -0.203. The van der Waals surface area contributed by atoms with Crippen molar-refractivity contribution >= 4 is 27.5 Å². The Labute approximate surface area is 232 Å². The van der Waals surface area contributed by atoms with Crippen LogP contribution in [0.5, 0.6) is 11.5 Å². The van der Waals surface area contributed by atoms with Gasteiger partial charge >= 0.3 is 0 Å². The molecule has 3 aromatic rings. The van der Waals surface area contributed by atoms with E-state index in [4.69, 9.17) is 14.2 Å². The van der Waals surface area contributed by atoms with E-state index in [1.807, 2.05) is 44.2 Å². The molecule has 0 radical (unpaired) electrons. The maximum Gasteiger partial charge on any atom is 0.265 e. The third-order valence-electron chi connectivity index (χ3n) is 7.86. The molecule has 3 aliphatic heterocycles. The van der Waals surface area contributed by atoms with Gasteiger partial charge in [0.2, 0.25) is 0 Å². The van der Waals surface area contributed by atoms with Crippen molar-refractivity contribution in [3.63, 3.8) is 0 Å². The minimum atomic E-state index is -4.25. The second-order valence-electron chi connectivity index (χ2n) is 11.0. The van der Waals surface area contributed by atoms with Crippen molar-refractivity contribution in [3.05, 3.63) is 82.9 Å². The van der Waals surface area contributed by atoms with E-state index in [-0.39, 0.29) is 46.8 Å². The van der Waals surface area contributed by atoms with Crippen LogP contribution in [0.15, 0.2) is 65.6 Å². The molecule has 0 spiro atoms. The highest BCUT2D eigenvalue weighted by molar-refractivity contribution is 7.90. The van der Waals surface area contributed by atoms with Gasteiger partial charge in [-0.25, -0.2) is 13.1 Å². The number of amides is 2. The van der Waals surface area contributed by atoms with Gasteiger partial charge in [-0.3, -0.25) is 9.59 Å². The van der Waals surface area contributed by atoms with Crippen molar-refractivity contribution in [1.29, 1.82) is 0 Å². The predicted molar refractivity (Wildman–Crippen MR) is 147 cm³/mol. The molecular formula is C30H30N2O7S. The van der Waals surface area contributed by atoms with E-state index in [9.17, 15) is 18.0 Å². The Balaban J connectivity index is 1.29. The fraction of sp³-hybridized carbons (Fsp3) is 0.333. The zero-order valence-corrected chi connectivity index (χ0v) is 23.2. The summed E-state index contributed by atoms with van der Waals surface area (Å²) in [5.41, 5.74) is 2.26. The van der Waals surface area contributed by atoms with Gasteiger partial charge in [-0.05, 0) is 69.0 Å². The Morgan fingerprint density at radius 3 is 2.58 bits per heavy atom. The number of aryl methyl sites for hydroxylation is 1. The van der Waals surface area contributed by atoms with E-state index >= 15 is 0 Å². The molecule has 40 heavy (non-hydrogen) atoms. The van der Waals surface area contributed by atoms with Crippen LogP contribution in [0.4, 0.5) is 5.69 Å². The number of sulfonamides is 1. The molecule has 0 unspecified atom stereocenters. The smallest absolute Gasteiger partial charge is 0.265 e. The molecule has 2 N–H and O–H groups in total. The van der Waals surface area contributed by atoms with Gasteiger partial charge in [-0.15, -0.1) is 0 Å². The lowest BCUT2D eigenvalue weighted by molar-refractivity contribution is -0.151. The zero-order valence-electron chi connectivity index (χ0n) is 22.4. The molecule has 208 valence electrons. The normalized spacial score (nSPS) is 22.9. The maximum absolute atomic E-state index is 13.3. The number of carbonyl (C=O) groups excluding carboxylic acids is 2. The molecule has 1 saturated heterocycles. The van der Waals surface area contributed by atoms with Crippen LogP contribution in [0.2, 0.25) is 0 Å². The van der Waals surface area contributed by atoms with Crippen LogP contribution in [0, 0.1) is 12.8 Å². The monoisotopic (exact) mass is 562 g/mol. The fourth-order valence-corrected chi connectivity index (χ4v) is 7.06. The van der Waals surface area contributed by atoms with Gasteiger partial charge in [-0.1, -0.05) is 30.3 Å². The Hall–Kier alpha value is -3.89.